The number of aliphatic hydroxyl groups excluding tert-OH is 1. The number of benzene rings is 1. The summed E-state index contributed by atoms with van der Waals surface area (Å²) in [5, 5.41) is 14.1. The molecule has 2 fully saturated rings. The van der Waals surface area contributed by atoms with Gasteiger partial charge in [-0.25, -0.2) is 9.59 Å². The van der Waals surface area contributed by atoms with Crippen molar-refractivity contribution in [2.24, 2.45) is 11.7 Å². The van der Waals surface area contributed by atoms with Gasteiger partial charge in [0.1, 0.15) is 11.3 Å². The highest BCUT2D eigenvalue weighted by Crippen LogP contribution is 2.57. The van der Waals surface area contributed by atoms with Crippen LogP contribution in [-0.2, 0) is 26.2 Å². The van der Waals surface area contributed by atoms with E-state index in [1.54, 1.807) is 34.6 Å². The smallest absolute Gasteiger partial charge is 0.340 e. The zero-order valence-corrected chi connectivity index (χ0v) is 32.4. The number of amides is 1. The van der Waals surface area contributed by atoms with E-state index in [2.05, 4.69) is 17.5 Å². The molecule has 12 heteroatoms. The molecule has 1 saturated heterocycles. The number of carbonyl (C=O) groups excluding carboxylic acids is 2. The van der Waals surface area contributed by atoms with E-state index in [-0.39, 0.29) is 30.6 Å². The second-order valence-electron chi connectivity index (χ2n) is 15.8. The predicted octanol–water partition coefficient (Wildman–Crippen LogP) is 5.96. The molecule has 53 heavy (non-hydrogen) atoms. The minimum absolute atomic E-state index is 0.00653. The number of nitrogens with two attached hydrogens (primary N) is 1. The summed E-state index contributed by atoms with van der Waals surface area (Å²) in [6.07, 6.45) is 12.2. The fraction of sp³-hybridized carbons (Fsp3) is 0.537. The number of nitrogens with zero attached hydrogens (tertiary/aromatic N) is 1. The molecule has 2 aromatic rings. The van der Waals surface area contributed by atoms with Crippen molar-refractivity contribution in [3.05, 3.63) is 86.1 Å². The lowest BCUT2D eigenvalue weighted by atomic mass is 9.61. The van der Waals surface area contributed by atoms with Gasteiger partial charge in [0.2, 0.25) is 5.91 Å². The number of rotatable bonds is 5. The topological polar surface area (TPSA) is 144 Å². The highest BCUT2D eigenvalue weighted by molar-refractivity contribution is 8.76. The van der Waals surface area contributed by atoms with E-state index in [4.69, 9.17) is 19.6 Å². The van der Waals surface area contributed by atoms with Crippen LogP contribution in [0.5, 0.6) is 5.75 Å². The predicted molar refractivity (Wildman–Crippen MR) is 208 cm³/mol. The van der Waals surface area contributed by atoms with Crippen molar-refractivity contribution in [2.75, 3.05) is 31.2 Å². The zero-order valence-electron chi connectivity index (χ0n) is 30.8. The number of aliphatic hydroxyl groups is 1. The van der Waals surface area contributed by atoms with E-state index in [1.807, 2.05) is 37.0 Å². The van der Waals surface area contributed by atoms with Gasteiger partial charge in [-0.2, -0.15) is 0 Å². The van der Waals surface area contributed by atoms with E-state index in [0.29, 0.717) is 54.1 Å². The van der Waals surface area contributed by atoms with Crippen LogP contribution in [0.1, 0.15) is 83.3 Å². The van der Waals surface area contributed by atoms with Gasteiger partial charge in [-0.1, -0.05) is 52.2 Å². The molecule has 0 bridgehead atoms. The maximum Gasteiger partial charge on any atom is 0.340 e. The molecule has 4 atom stereocenters. The Bertz CT molecular complexity index is 2050. The molecule has 2 aliphatic carbocycles. The van der Waals surface area contributed by atoms with Crippen LogP contribution < -0.4 is 21.4 Å². The first kappa shape index (κ1) is 36.4. The summed E-state index contributed by atoms with van der Waals surface area (Å²) >= 11 is 0. The third-order valence-electron chi connectivity index (χ3n) is 12.9. The van der Waals surface area contributed by atoms with Crippen LogP contribution in [0.3, 0.4) is 0 Å². The quantitative estimate of drug-likeness (QED) is 0.109. The molecule has 4 aliphatic heterocycles. The highest BCUT2D eigenvalue weighted by Gasteiger charge is 2.64. The van der Waals surface area contributed by atoms with Gasteiger partial charge in [-0.3, -0.25) is 4.79 Å². The molecule has 282 valence electrons. The van der Waals surface area contributed by atoms with Crippen LogP contribution in [0, 0.1) is 5.92 Å². The van der Waals surface area contributed by atoms with Gasteiger partial charge in [0, 0.05) is 78.1 Å². The third kappa shape index (κ3) is 6.13. The van der Waals surface area contributed by atoms with Crippen LogP contribution >= 0.6 is 21.6 Å². The largest absolute Gasteiger partial charge is 0.481 e. The third-order valence-corrected chi connectivity index (χ3v) is 15.3. The van der Waals surface area contributed by atoms with E-state index in [9.17, 15) is 19.5 Å². The number of allylic oxidation sites excluding steroid dienone is 2. The van der Waals surface area contributed by atoms with Gasteiger partial charge in [0.05, 0.1) is 18.2 Å². The second-order valence-corrected chi connectivity index (χ2v) is 18.4. The lowest BCUT2D eigenvalue weighted by Crippen LogP contribution is -2.65. The first-order valence-electron chi connectivity index (χ1n) is 18.9. The number of ether oxygens (including phenoxy) is 2. The van der Waals surface area contributed by atoms with Crippen molar-refractivity contribution in [1.29, 1.82) is 0 Å². The molecular weight excluding hydrogens is 711 g/mol. The first-order chi connectivity index (χ1) is 25.5. The molecule has 5 heterocycles. The van der Waals surface area contributed by atoms with Crippen molar-refractivity contribution < 1.29 is 28.6 Å². The summed E-state index contributed by atoms with van der Waals surface area (Å²) in [6.45, 7) is 6.74. The zero-order chi connectivity index (χ0) is 37.1. The number of hydrogen-bond donors (Lipinski definition) is 3. The van der Waals surface area contributed by atoms with Crippen molar-refractivity contribution in [3.63, 3.8) is 0 Å². The molecule has 1 saturated carbocycles. The van der Waals surface area contributed by atoms with E-state index in [0.717, 1.165) is 77.8 Å². The number of dihydropyridines is 1. The van der Waals surface area contributed by atoms with Crippen molar-refractivity contribution in [3.8, 4) is 5.75 Å². The number of nitrogens with one attached hydrogen (secondary N) is 1. The summed E-state index contributed by atoms with van der Waals surface area (Å²) < 4.78 is 19.9. The minimum Gasteiger partial charge on any atom is -0.481 e. The lowest BCUT2D eigenvalue weighted by molar-refractivity contribution is -0.186. The molecule has 1 aromatic heterocycles. The SMILES string of the molecule is CC=C(C)C(=O)OC1(C)CC=C2CSSCC3CCN3C(=O)CC3=C(C=C(N)NC3)C2C12Cc1cc3cc(C4(CCO)CCCC4)c(=O)oc3cc1O2. The van der Waals surface area contributed by atoms with Gasteiger partial charge in [-0.15, -0.1) is 0 Å². The maximum absolute atomic E-state index is 13.8. The van der Waals surface area contributed by atoms with Crippen molar-refractivity contribution in [1.82, 2.24) is 10.2 Å². The number of carbonyl (C=O) groups is 2. The monoisotopic (exact) mass is 759 g/mol. The van der Waals surface area contributed by atoms with Crippen LogP contribution in [0.15, 0.2) is 73.8 Å². The molecule has 4 N–H and O–H groups in total. The summed E-state index contributed by atoms with van der Waals surface area (Å²) in [5.41, 5.74) is 8.99. The molecule has 1 aromatic carbocycles. The van der Waals surface area contributed by atoms with Crippen LogP contribution in [-0.4, -0.2) is 70.3 Å². The summed E-state index contributed by atoms with van der Waals surface area (Å²) in [7, 11) is 3.58. The van der Waals surface area contributed by atoms with Crippen molar-refractivity contribution in [2.45, 2.75) is 101 Å². The highest BCUT2D eigenvalue weighted by atomic mass is 33.1. The normalized spacial score (nSPS) is 29.7. The molecule has 4 unspecified atom stereocenters. The lowest BCUT2D eigenvalue weighted by Gasteiger charge is -2.53. The van der Waals surface area contributed by atoms with Gasteiger partial charge >= 0.3 is 11.6 Å². The Morgan fingerprint density at radius 1 is 1.21 bits per heavy atom. The fourth-order valence-electron chi connectivity index (χ4n) is 9.58. The van der Waals surface area contributed by atoms with Crippen LogP contribution in [0.25, 0.3) is 11.0 Å². The molecule has 8 rings (SSSR count). The van der Waals surface area contributed by atoms with Gasteiger partial charge in [-0.05, 0) is 81.4 Å². The summed E-state index contributed by atoms with van der Waals surface area (Å²) in [5.74, 6) is 1.96. The Balaban J connectivity index is 1.30. The maximum atomic E-state index is 13.8. The van der Waals surface area contributed by atoms with Crippen LogP contribution in [0.2, 0.25) is 0 Å². The second kappa shape index (κ2) is 13.9. The first-order valence-corrected chi connectivity index (χ1v) is 21.4. The Labute approximate surface area is 318 Å². The Morgan fingerprint density at radius 2 is 2.02 bits per heavy atom. The van der Waals surface area contributed by atoms with E-state index in [1.165, 1.54) is 0 Å². The average molecular weight is 760 g/mol. The van der Waals surface area contributed by atoms with Crippen LogP contribution in [0.4, 0.5) is 0 Å². The summed E-state index contributed by atoms with van der Waals surface area (Å²) in [4.78, 5) is 43.2. The molecule has 6 aliphatic rings. The standard InChI is InChI=1S/C41H49N3O7S2/c1-4-24(2)37(47)51-39(3)11-7-25-22-52-53-23-29-8-13-44(29)35(46)17-28-21-43-34(42)18-30(28)36(25)41(39)20-27-15-26-16-31(40(12-14-45)9-5-6-10-40)38(48)49-32(26)19-33(27)50-41/h4,7,15-16,18-19,29,36,43,45H,5-6,8-14,17,20-23,42H2,1-3H3. The number of fused-ring (bicyclic) bond motifs is 6. The molecule has 1 spiro atoms. The number of esters is 1. The Kier molecular flexibility index (Phi) is 9.55. The molecular formula is C41H49N3O7S2. The molecule has 1 amide bonds. The van der Waals surface area contributed by atoms with E-state index < -0.39 is 28.5 Å². The van der Waals surface area contributed by atoms with Gasteiger partial charge < -0.3 is 34.9 Å². The van der Waals surface area contributed by atoms with Gasteiger partial charge in [0.25, 0.3) is 0 Å². The Morgan fingerprint density at radius 3 is 2.75 bits per heavy atom. The fourth-order valence-corrected chi connectivity index (χ4v) is 12.1. The summed E-state index contributed by atoms with van der Waals surface area (Å²) in [6, 6.07) is 6.07. The Hall–Kier alpha value is -3.61. The number of hydrogen-bond acceptors (Lipinski definition) is 11. The minimum atomic E-state index is -1.14. The van der Waals surface area contributed by atoms with Crippen molar-refractivity contribution >= 4 is 44.4 Å². The molecule has 10 nitrogen and oxygen atoms in total. The van der Waals surface area contributed by atoms with E-state index >= 15 is 0 Å². The average Bonchev–Trinajstić information content (AvgIpc) is 3.74. The molecule has 0 radical (unpaired) electrons. The van der Waals surface area contributed by atoms with Gasteiger partial charge in [0.15, 0.2) is 11.2 Å².